The second-order valence-electron chi connectivity index (χ2n) is 7.85. The molecule has 4 unspecified atom stereocenters. The van der Waals surface area contributed by atoms with Crippen LogP contribution >= 0.6 is 34.1 Å². The molecule has 1 aromatic carbocycles. The van der Waals surface area contributed by atoms with E-state index in [1.165, 1.54) is 12.3 Å². The molecule has 3 rings (SSSR count). The Morgan fingerprint density at radius 2 is 1.90 bits per heavy atom. The lowest BCUT2D eigenvalue weighted by atomic mass is 10.2. The van der Waals surface area contributed by atoms with Crippen LogP contribution in [0.2, 0.25) is 0 Å². The number of carbonyl (C=O) groups excluding carboxylic acids is 1. The molecule has 0 aliphatic carbocycles. The van der Waals surface area contributed by atoms with Crippen molar-refractivity contribution < 1.29 is 65.6 Å². The van der Waals surface area contributed by atoms with Gasteiger partial charge in [-0.3, -0.25) is 4.57 Å². The van der Waals surface area contributed by atoms with Gasteiger partial charge in [0, 0.05) is 23.7 Å². The molecule has 1 aliphatic rings. The van der Waals surface area contributed by atoms with Crippen LogP contribution in [-0.4, -0.2) is 67.2 Å². The van der Waals surface area contributed by atoms with E-state index in [-0.39, 0.29) is 32.0 Å². The van der Waals surface area contributed by atoms with Crippen LogP contribution in [0.1, 0.15) is 18.2 Å². The molecule has 0 bridgehead atoms. The van der Waals surface area contributed by atoms with Crippen molar-refractivity contribution in [1.82, 2.24) is 14.9 Å². The van der Waals surface area contributed by atoms with Gasteiger partial charge in [-0.1, -0.05) is 30.3 Å². The van der Waals surface area contributed by atoms with Crippen LogP contribution in [0.4, 0.5) is 10.6 Å². The zero-order valence-corrected chi connectivity index (χ0v) is 24.9. The number of anilines is 1. The van der Waals surface area contributed by atoms with E-state index in [1.54, 1.807) is 24.3 Å². The first kappa shape index (κ1) is 34.6. The molecular formula is C19H27N4O15P4+. The fourth-order valence-electron chi connectivity index (χ4n) is 3.26. The lowest BCUT2D eigenvalue weighted by molar-refractivity contribution is -0.237. The van der Waals surface area contributed by atoms with Crippen LogP contribution in [0, 0.1) is 0 Å². The minimum atomic E-state index is -3.03. The van der Waals surface area contributed by atoms with Gasteiger partial charge in [0.1, 0.15) is 37.5 Å². The molecular weight excluding hydrogens is 648 g/mol. The highest BCUT2D eigenvalue weighted by atomic mass is 31.3. The Morgan fingerprint density at radius 3 is 2.62 bits per heavy atom. The van der Waals surface area contributed by atoms with Crippen LogP contribution in [-0.2, 0) is 47.9 Å². The number of nitrogens with zero attached hydrogens (tertiary/aromatic N) is 2. The predicted octanol–water partition coefficient (Wildman–Crippen LogP) is 1.73. The van der Waals surface area contributed by atoms with Gasteiger partial charge in [-0.2, -0.15) is 9.66 Å². The summed E-state index contributed by atoms with van der Waals surface area (Å²) >= 11 is 0. The normalized spacial score (nSPS) is 21.0. The molecule has 0 spiro atoms. The molecule has 19 nitrogen and oxygen atoms in total. The molecule has 2 heterocycles. The van der Waals surface area contributed by atoms with Gasteiger partial charge >= 0.3 is 45.8 Å². The predicted molar refractivity (Wildman–Crippen MR) is 143 cm³/mol. The first-order valence-electron chi connectivity index (χ1n) is 11.6. The molecule has 1 aliphatic heterocycles. The third-order valence-corrected chi connectivity index (χ3v) is 8.30. The summed E-state index contributed by atoms with van der Waals surface area (Å²) in [4.78, 5) is 70.5. The SMILES string of the molecule is Nc1ccn([C@H]2C[C@H](O[P+](=O)O)[C@@H](COOP(O)OP(O)OP(O)OCCNC(=O)OCc3ccccc3)O2)c(=O)n1. The fraction of sp³-hybridized carbons (Fsp3) is 0.421. The number of aromatic nitrogens is 2. The van der Waals surface area contributed by atoms with Gasteiger partial charge in [0.15, 0.2) is 0 Å². The van der Waals surface area contributed by atoms with Crippen molar-refractivity contribution in [3.05, 3.63) is 58.6 Å². The second-order valence-corrected chi connectivity index (χ2v) is 11.7. The zero-order chi connectivity index (χ0) is 30.5. The monoisotopic (exact) mass is 675 g/mol. The summed E-state index contributed by atoms with van der Waals surface area (Å²) in [6, 6.07) is 10.4. The number of hydrogen-bond donors (Lipinski definition) is 6. The Bertz CT molecular complexity index is 1200. The Labute approximate surface area is 242 Å². The lowest BCUT2D eigenvalue weighted by Gasteiger charge is -2.17. The number of benzene rings is 1. The maximum absolute atomic E-state index is 12.1. The van der Waals surface area contributed by atoms with Gasteiger partial charge in [-0.25, -0.2) is 23.1 Å². The van der Waals surface area contributed by atoms with E-state index in [4.69, 9.17) is 34.0 Å². The van der Waals surface area contributed by atoms with E-state index < -0.39 is 70.9 Å². The lowest BCUT2D eigenvalue weighted by Crippen LogP contribution is -2.28. The molecule has 7 atom stereocenters. The number of carbonyl (C=O) groups is 1. The van der Waals surface area contributed by atoms with E-state index in [2.05, 4.69) is 23.6 Å². The van der Waals surface area contributed by atoms with Gasteiger partial charge in [-0.05, 0) is 11.6 Å². The molecule has 0 radical (unpaired) electrons. The topological polar surface area (TPSA) is 262 Å². The van der Waals surface area contributed by atoms with Crippen LogP contribution in [0.5, 0.6) is 0 Å². The highest BCUT2D eigenvalue weighted by Crippen LogP contribution is 2.56. The highest BCUT2D eigenvalue weighted by Gasteiger charge is 2.43. The molecule has 1 aromatic heterocycles. The van der Waals surface area contributed by atoms with E-state index in [1.807, 2.05) is 6.07 Å². The van der Waals surface area contributed by atoms with Crippen LogP contribution in [0.25, 0.3) is 0 Å². The summed E-state index contributed by atoms with van der Waals surface area (Å²) in [7, 11) is -11.5. The molecule has 1 fully saturated rings. The van der Waals surface area contributed by atoms with Crippen molar-refractivity contribution in [2.75, 3.05) is 25.5 Å². The Kier molecular flexibility index (Phi) is 14.9. The van der Waals surface area contributed by atoms with Crippen molar-refractivity contribution in [2.45, 2.75) is 31.5 Å². The van der Waals surface area contributed by atoms with Crippen molar-refractivity contribution in [3.8, 4) is 0 Å². The molecule has 23 heteroatoms. The summed E-state index contributed by atoms with van der Waals surface area (Å²) in [5.41, 5.74) is 5.55. The number of amides is 1. The largest absolute Gasteiger partial charge is 0.695 e. The number of nitrogens with one attached hydrogen (secondary N) is 1. The number of nitrogens with two attached hydrogens (primary N) is 1. The van der Waals surface area contributed by atoms with E-state index in [9.17, 15) is 28.8 Å². The van der Waals surface area contributed by atoms with Crippen molar-refractivity contribution >= 4 is 46.0 Å². The minimum absolute atomic E-state index is 0.00743. The van der Waals surface area contributed by atoms with Crippen molar-refractivity contribution in [1.29, 1.82) is 0 Å². The van der Waals surface area contributed by atoms with E-state index >= 15 is 0 Å². The quantitative estimate of drug-likeness (QED) is 0.0603. The molecule has 2 aromatic rings. The third kappa shape index (κ3) is 12.4. The molecule has 1 saturated heterocycles. The number of nitrogen functional groups attached to an aromatic ring is 1. The minimum Gasteiger partial charge on any atom is -0.445 e. The Morgan fingerprint density at radius 1 is 1.17 bits per heavy atom. The average molecular weight is 675 g/mol. The number of hydrogen-bond acceptors (Lipinski definition) is 16. The number of rotatable bonds is 17. The number of ether oxygens (including phenoxy) is 2. The van der Waals surface area contributed by atoms with Gasteiger partial charge < -0.3 is 39.7 Å². The van der Waals surface area contributed by atoms with Crippen LogP contribution in [0.3, 0.4) is 0 Å². The summed E-state index contributed by atoms with van der Waals surface area (Å²) in [5.74, 6) is -0.00743. The number of alkyl carbamates (subject to hydrolysis) is 1. The van der Waals surface area contributed by atoms with Crippen molar-refractivity contribution in [3.63, 3.8) is 0 Å². The Balaban J connectivity index is 1.31. The first-order chi connectivity index (χ1) is 20.1. The smallest absolute Gasteiger partial charge is 0.445 e. The fourth-order valence-corrected chi connectivity index (χ4v) is 5.75. The average Bonchev–Trinajstić information content (AvgIpc) is 3.31. The van der Waals surface area contributed by atoms with Gasteiger partial charge in [-0.15, -0.1) is 9.42 Å². The third-order valence-electron chi connectivity index (χ3n) is 4.98. The maximum Gasteiger partial charge on any atom is 0.695 e. The molecule has 0 saturated carbocycles. The van der Waals surface area contributed by atoms with E-state index in [0.717, 1.165) is 10.1 Å². The van der Waals surface area contributed by atoms with Crippen LogP contribution < -0.4 is 16.7 Å². The highest BCUT2D eigenvalue weighted by molar-refractivity contribution is 7.60. The molecule has 7 N–H and O–H groups in total. The van der Waals surface area contributed by atoms with E-state index in [0.29, 0.717) is 0 Å². The van der Waals surface area contributed by atoms with Gasteiger partial charge in [0.05, 0.1) is 6.61 Å². The van der Waals surface area contributed by atoms with Crippen LogP contribution in [0.15, 0.2) is 47.4 Å². The standard InChI is InChI=1S/C19H26N4O15P4/c20-16-6-8-23(18(24)22-16)17-10-14(35-39(26)27)15(34-17)12-32-36-41(29)38-42(30)37-40(28)33-9-7-21-19(25)31-11-13-4-2-1-3-5-13/h1-6,8,14-15,17,28-30H,7,9-12H2,(H3-,20,21,22,24,25,26,27)/p+1/t14-,15+,17+,40?,41?,42?/m0/s1. The van der Waals surface area contributed by atoms with Gasteiger partial charge in [0.25, 0.3) is 0 Å². The second kappa shape index (κ2) is 18.0. The Hall–Kier alpha value is -1.88. The summed E-state index contributed by atoms with van der Waals surface area (Å²) < 4.78 is 46.7. The van der Waals surface area contributed by atoms with Crippen molar-refractivity contribution in [2.24, 2.45) is 0 Å². The molecule has 42 heavy (non-hydrogen) atoms. The first-order valence-corrected chi connectivity index (χ1v) is 16.2. The summed E-state index contributed by atoms with van der Waals surface area (Å²) in [6.45, 7) is -0.651. The molecule has 232 valence electrons. The molecule has 1 amide bonds. The van der Waals surface area contributed by atoms with Gasteiger partial charge in [0.2, 0.25) is 0 Å². The summed E-state index contributed by atoms with van der Waals surface area (Å²) in [5, 5.41) is 2.39. The maximum atomic E-state index is 12.1. The zero-order valence-electron chi connectivity index (χ0n) is 21.3. The summed E-state index contributed by atoms with van der Waals surface area (Å²) in [6.07, 6.45) is -2.42.